The van der Waals surface area contributed by atoms with Crippen molar-refractivity contribution in [3.8, 4) is 0 Å². The molecule has 1 saturated heterocycles. The smallest absolute Gasteiger partial charge is 0.239 e. The Morgan fingerprint density at radius 3 is 1.81 bits per heavy atom. The summed E-state index contributed by atoms with van der Waals surface area (Å²) in [7, 11) is 0. The molecule has 4 nitrogen and oxygen atoms in total. The van der Waals surface area contributed by atoms with Crippen molar-refractivity contribution in [1.29, 1.82) is 0 Å². The molecule has 0 unspecified atom stereocenters. The van der Waals surface area contributed by atoms with Gasteiger partial charge in [-0.1, -0.05) is 91.7 Å². The Balaban J connectivity index is 1.65. The van der Waals surface area contributed by atoms with Gasteiger partial charge in [0.1, 0.15) is 0 Å². The molecular weight excluding hydrogens is 446 g/mol. The fourth-order valence-corrected chi connectivity index (χ4v) is 7.31. The molecule has 1 heterocycles. The molecule has 3 aliphatic rings. The van der Waals surface area contributed by atoms with Gasteiger partial charge in [-0.3, -0.25) is 14.4 Å². The summed E-state index contributed by atoms with van der Waals surface area (Å²) >= 11 is 0. The van der Waals surface area contributed by atoms with E-state index in [1.165, 1.54) is 4.90 Å². The number of rotatable bonds is 5. The maximum Gasteiger partial charge on any atom is 0.239 e. The number of carbonyl (C=O) groups is 3. The van der Waals surface area contributed by atoms with Gasteiger partial charge in [-0.15, -0.1) is 0 Å². The number of Topliss-reactive ketones (excluding diaryl/α,β-unsaturated/α-hetero) is 1. The number of carbonyl (C=O) groups excluding carboxylic acids is 3. The predicted octanol–water partition coefficient (Wildman–Crippen LogP) is 6.10. The van der Waals surface area contributed by atoms with E-state index in [-0.39, 0.29) is 17.6 Å². The van der Waals surface area contributed by atoms with Crippen molar-refractivity contribution in [2.24, 2.45) is 22.7 Å². The fraction of sp³-hybridized carbons (Fsp3) is 0.281. The van der Waals surface area contributed by atoms with Crippen molar-refractivity contribution >= 4 is 34.4 Å². The van der Waals surface area contributed by atoms with E-state index in [9.17, 15) is 14.4 Å². The summed E-state index contributed by atoms with van der Waals surface area (Å²) in [5, 5.41) is 0. The van der Waals surface area contributed by atoms with Crippen LogP contribution in [0.2, 0.25) is 0 Å². The minimum Gasteiger partial charge on any atom is -0.298 e. The Morgan fingerprint density at radius 2 is 1.25 bits per heavy atom. The predicted molar refractivity (Wildman–Crippen MR) is 141 cm³/mol. The van der Waals surface area contributed by atoms with Gasteiger partial charge in [-0.05, 0) is 54.7 Å². The molecule has 0 aromatic heterocycles. The summed E-state index contributed by atoms with van der Waals surface area (Å²) in [5.74, 6) is -1.91. The maximum atomic E-state index is 14.6. The lowest BCUT2D eigenvalue weighted by molar-refractivity contribution is -0.134. The molecule has 0 N–H and O–H groups in total. The largest absolute Gasteiger partial charge is 0.298 e. The van der Waals surface area contributed by atoms with Crippen LogP contribution in [0.1, 0.15) is 43.4 Å². The monoisotopic (exact) mass is 475 g/mol. The number of ketones is 1. The van der Waals surface area contributed by atoms with Crippen molar-refractivity contribution in [2.45, 2.75) is 33.6 Å². The van der Waals surface area contributed by atoms with Crippen LogP contribution < -0.4 is 4.90 Å². The number of anilines is 1. The van der Waals surface area contributed by atoms with Gasteiger partial charge >= 0.3 is 0 Å². The van der Waals surface area contributed by atoms with Gasteiger partial charge in [0.2, 0.25) is 11.8 Å². The average molecular weight is 476 g/mol. The van der Waals surface area contributed by atoms with E-state index in [1.807, 2.05) is 98.8 Å². The number of imide groups is 1. The minimum atomic E-state index is -1.08. The zero-order chi connectivity index (χ0) is 25.2. The lowest BCUT2D eigenvalue weighted by Crippen LogP contribution is -2.41. The summed E-state index contributed by atoms with van der Waals surface area (Å²) in [6.07, 6.45) is 1.26. The third kappa shape index (κ3) is 2.67. The van der Waals surface area contributed by atoms with Crippen LogP contribution in [0.25, 0.3) is 11.1 Å². The van der Waals surface area contributed by atoms with E-state index in [0.717, 1.165) is 34.3 Å². The first-order valence-electron chi connectivity index (χ1n) is 12.7. The first-order chi connectivity index (χ1) is 17.4. The zero-order valence-corrected chi connectivity index (χ0v) is 20.8. The van der Waals surface area contributed by atoms with Crippen LogP contribution in [0.3, 0.4) is 0 Å². The number of aryl methyl sites for hydroxylation is 1. The molecule has 1 saturated carbocycles. The summed E-state index contributed by atoms with van der Waals surface area (Å²) in [4.78, 5) is 44.3. The molecule has 180 valence electrons. The van der Waals surface area contributed by atoms with Crippen molar-refractivity contribution < 1.29 is 14.4 Å². The second-order valence-electron chi connectivity index (χ2n) is 10.5. The van der Waals surface area contributed by atoms with Gasteiger partial charge in [0.25, 0.3) is 0 Å². The second-order valence-corrected chi connectivity index (χ2v) is 10.5. The lowest BCUT2D eigenvalue weighted by Gasteiger charge is -2.37. The topological polar surface area (TPSA) is 54.5 Å². The molecule has 2 amide bonds. The molecule has 0 radical (unpaired) electrons. The highest BCUT2D eigenvalue weighted by molar-refractivity contribution is 6.34. The standard InChI is InChI=1S/C32H29NO3/c1-4-19-32-25(22-13-9-6-10-14-22)24(21-11-7-5-8-12-21)31(3,30(32)36)26-27(32)29(35)33(28(26)34)23-17-15-20(2)16-18-23/h5-18,26-27H,4,19H2,1-3H3/t26-,27+,31-,32-/m0/s1. The first-order valence-corrected chi connectivity index (χ1v) is 12.7. The number of allylic oxidation sites excluding steroid dienone is 2. The number of fused-ring (bicyclic) bond motifs is 5. The Kier molecular flexibility index (Phi) is 4.95. The van der Waals surface area contributed by atoms with E-state index >= 15 is 0 Å². The molecule has 6 rings (SSSR count). The summed E-state index contributed by atoms with van der Waals surface area (Å²) < 4.78 is 0. The van der Waals surface area contributed by atoms with Gasteiger partial charge in [-0.2, -0.15) is 0 Å². The van der Waals surface area contributed by atoms with Crippen molar-refractivity contribution in [2.75, 3.05) is 4.90 Å². The summed E-state index contributed by atoms with van der Waals surface area (Å²) in [6.45, 7) is 5.94. The van der Waals surface area contributed by atoms with Crippen LogP contribution >= 0.6 is 0 Å². The number of nitrogens with zero attached hydrogens (tertiary/aromatic N) is 1. The first kappa shape index (κ1) is 22.7. The Hall–Kier alpha value is -3.79. The summed E-state index contributed by atoms with van der Waals surface area (Å²) in [6, 6.07) is 27.4. The fourth-order valence-electron chi connectivity index (χ4n) is 7.31. The molecule has 36 heavy (non-hydrogen) atoms. The Bertz CT molecular complexity index is 1420. The van der Waals surface area contributed by atoms with Crippen LogP contribution in [0.4, 0.5) is 5.69 Å². The molecule has 3 aromatic carbocycles. The lowest BCUT2D eigenvalue weighted by atomic mass is 9.61. The SMILES string of the molecule is CCC[C@]12C(=O)[C@@](C)(C(c3ccccc3)=C1c1ccccc1)[C@@H]1C(=O)N(c3ccc(C)cc3)C(=O)[C@@H]12. The number of amides is 2. The molecule has 3 aromatic rings. The van der Waals surface area contributed by atoms with Crippen LogP contribution in [-0.2, 0) is 14.4 Å². The molecule has 2 aliphatic carbocycles. The summed E-state index contributed by atoms with van der Waals surface area (Å²) in [5.41, 5.74) is 3.24. The highest BCUT2D eigenvalue weighted by Crippen LogP contribution is 2.74. The van der Waals surface area contributed by atoms with Gasteiger partial charge in [0.15, 0.2) is 5.78 Å². The van der Waals surface area contributed by atoms with Gasteiger partial charge in [0, 0.05) is 0 Å². The molecular formula is C32H29NO3. The molecule has 4 atom stereocenters. The quantitative estimate of drug-likeness (QED) is 0.419. The maximum absolute atomic E-state index is 14.6. The minimum absolute atomic E-state index is 0.0230. The second kappa shape index (κ2) is 7.86. The third-order valence-corrected chi connectivity index (χ3v) is 8.61. The van der Waals surface area contributed by atoms with Crippen molar-refractivity contribution in [3.05, 3.63) is 102 Å². The van der Waals surface area contributed by atoms with Crippen LogP contribution in [-0.4, -0.2) is 17.6 Å². The number of benzene rings is 3. The van der Waals surface area contributed by atoms with Crippen LogP contribution in [0, 0.1) is 29.6 Å². The average Bonchev–Trinajstić information content (AvgIpc) is 3.36. The van der Waals surface area contributed by atoms with E-state index in [1.54, 1.807) is 0 Å². The highest BCUT2D eigenvalue weighted by Gasteiger charge is 2.79. The van der Waals surface area contributed by atoms with Crippen molar-refractivity contribution in [1.82, 2.24) is 0 Å². The number of hydrogen-bond donors (Lipinski definition) is 0. The van der Waals surface area contributed by atoms with Gasteiger partial charge in [-0.25, -0.2) is 4.90 Å². The normalized spacial score (nSPS) is 28.9. The van der Waals surface area contributed by atoms with E-state index < -0.39 is 22.7 Å². The van der Waals surface area contributed by atoms with E-state index in [2.05, 4.69) is 6.92 Å². The Labute approximate surface area is 211 Å². The van der Waals surface area contributed by atoms with E-state index in [0.29, 0.717) is 12.1 Å². The molecule has 1 aliphatic heterocycles. The van der Waals surface area contributed by atoms with Gasteiger partial charge < -0.3 is 0 Å². The number of hydrogen-bond acceptors (Lipinski definition) is 3. The van der Waals surface area contributed by atoms with Crippen LogP contribution in [0.15, 0.2) is 84.9 Å². The van der Waals surface area contributed by atoms with Crippen LogP contribution in [0.5, 0.6) is 0 Å². The van der Waals surface area contributed by atoms with Gasteiger partial charge in [0.05, 0.1) is 28.4 Å². The molecule has 2 fully saturated rings. The zero-order valence-electron chi connectivity index (χ0n) is 20.8. The highest BCUT2D eigenvalue weighted by atomic mass is 16.2. The Morgan fingerprint density at radius 1 is 0.722 bits per heavy atom. The van der Waals surface area contributed by atoms with Crippen molar-refractivity contribution in [3.63, 3.8) is 0 Å². The molecule has 0 spiro atoms. The van der Waals surface area contributed by atoms with E-state index in [4.69, 9.17) is 0 Å². The third-order valence-electron chi connectivity index (χ3n) is 8.61. The molecule has 2 bridgehead atoms. The molecule has 4 heteroatoms.